The molecule has 2 aliphatic heterocycles. The molecule has 2 aliphatic rings. The van der Waals surface area contributed by atoms with Gasteiger partial charge in [0.1, 0.15) is 0 Å². The molecule has 2 atom stereocenters. The first-order valence-electron chi connectivity index (χ1n) is 6.99. The molecule has 0 saturated carbocycles. The smallest absolute Gasteiger partial charge is 0.0554 e. The molecule has 0 aromatic heterocycles. The second-order valence-electron chi connectivity index (χ2n) is 5.74. The highest BCUT2D eigenvalue weighted by Gasteiger charge is 2.32. The Morgan fingerprint density at radius 1 is 1.06 bits per heavy atom. The minimum Gasteiger partial charge on any atom is -0.305 e. The van der Waals surface area contributed by atoms with Gasteiger partial charge in [-0.25, -0.2) is 5.01 Å². The number of benzene rings is 1. The molecule has 0 spiro atoms. The van der Waals surface area contributed by atoms with Gasteiger partial charge >= 0.3 is 0 Å². The van der Waals surface area contributed by atoms with Crippen LogP contribution in [0.1, 0.15) is 19.4 Å². The number of hydrogen-bond acceptors (Lipinski definition) is 3. The number of fused-ring (bicyclic) bond motifs is 1. The first-order chi connectivity index (χ1) is 8.66. The molecule has 1 saturated heterocycles. The van der Waals surface area contributed by atoms with Crippen molar-refractivity contribution in [3.05, 3.63) is 29.8 Å². The predicted octanol–water partition coefficient (Wildman–Crippen LogP) is 1.99. The van der Waals surface area contributed by atoms with Crippen LogP contribution in [-0.2, 0) is 6.42 Å². The van der Waals surface area contributed by atoms with Gasteiger partial charge in [0, 0.05) is 31.7 Å². The van der Waals surface area contributed by atoms with E-state index in [-0.39, 0.29) is 0 Å². The van der Waals surface area contributed by atoms with Gasteiger partial charge in [0.2, 0.25) is 0 Å². The molecule has 1 fully saturated rings. The summed E-state index contributed by atoms with van der Waals surface area (Å²) in [5, 5.41) is 5.04. The fourth-order valence-electron chi connectivity index (χ4n) is 3.19. The van der Waals surface area contributed by atoms with Gasteiger partial charge in [-0.1, -0.05) is 18.2 Å². The van der Waals surface area contributed by atoms with Crippen LogP contribution in [0, 0.1) is 0 Å². The molecule has 2 unspecified atom stereocenters. The summed E-state index contributed by atoms with van der Waals surface area (Å²) in [6, 6.07) is 10.1. The monoisotopic (exact) mass is 245 g/mol. The van der Waals surface area contributed by atoms with E-state index < -0.39 is 0 Å². The zero-order valence-corrected chi connectivity index (χ0v) is 11.6. The van der Waals surface area contributed by atoms with E-state index in [1.165, 1.54) is 17.7 Å². The minimum absolute atomic E-state index is 0.626. The van der Waals surface area contributed by atoms with Crippen LogP contribution in [-0.4, -0.2) is 48.7 Å². The molecule has 1 aromatic carbocycles. The van der Waals surface area contributed by atoms with E-state index in [1.54, 1.807) is 0 Å². The van der Waals surface area contributed by atoms with Gasteiger partial charge < -0.3 is 5.01 Å². The van der Waals surface area contributed by atoms with Crippen molar-refractivity contribution in [1.82, 2.24) is 9.91 Å². The highest BCUT2D eigenvalue weighted by atomic mass is 15.6. The van der Waals surface area contributed by atoms with E-state index in [9.17, 15) is 0 Å². The van der Waals surface area contributed by atoms with Gasteiger partial charge in [0.25, 0.3) is 0 Å². The average molecular weight is 245 g/mol. The van der Waals surface area contributed by atoms with Crippen LogP contribution in [0.2, 0.25) is 0 Å². The molecule has 0 aliphatic carbocycles. The molecule has 0 N–H and O–H groups in total. The maximum atomic E-state index is 2.54. The fraction of sp³-hybridized carbons (Fsp3) is 0.600. The summed E-state index contributed by atoms with van der Waals surface area (Å²) >= 11 is 0. The Labute approximate surface area is 110 Å². The van der Waals surface area contributed by atoms with Crippen molar-refractivity contribution in [3.63, 3.8) is 0 Å². The summed E-state index contributed by atoms with van der Waals surface area (Å²) in [5.41, 5.74) is 2.91. The van der Waals surface area contributed by atoms with Crippen LogP contribution in [0.25, 0.3) is 0 Å². The molecule has 98 valence electrons. The maximum Gasteiger partial charge on any atom is 0.0554 e. The van der Waals surface area contributed by atoms with E-state index in [0.717, 1.165) is 19.6 Å². The lowest BCUT2D eigenvalue weighted by molar-refractivity contribution is 0.0538. The van der Waals surface area contributed by atoms with Crippen molar-refractivity contribution in [2.75, 3.05) is 31.7 Å². The van der Waals surface area contributed by atoms with Crippen LogP contribution in [0.4, 0.5) is 5.69 Å². The van der Waals surface area contributed by atoms with Crippen LogP contribution in [0.3, 0.4) is 0 Å². The Kier molecular flexibility index (Phi) is 3.04. The van der Waals surface area contributed by atoms with E-state index in [4.69, 9.17) is 0 Å². The van der Waals surface area contributed by atoms with Crippen molar-refractivity contribution in [3.8, 4) is 0 Å². The molecule has 0 amide bonds. The normalized spacial score (nSPS) is 29.6. The Balaban J connectivity index is 1.81. The van der Waals surface area contributed by atoms with E-state index in [1.807, 2.05) is 0 Å². The number of hydrazine groups is 1. The SMILES string of the molecule is CC1CN(N2CCc3ccccc32)CC(C)N1C. The van der Waals surface area contributed by atoms with E-state index in [0.29, 0.717) is 12.1 Å². The van der Waals surface area contributed by atoms with Gasteiger partial charge in [-0.05, 0) is 38.9 Å². The number of para-hydroxylation sites is 1. The molecular weight excluding hydrogens is 222 g/mol. The number of likely N-dealkylation sites (N-methyl/N-ethyl adjacent to an activating group) is 1. The summed E-state index contributed by atoms with van der Waals surface area (Å²) in [6.45, 7) is 8.06. The van der Waals surface area contributed by atoms with Crippen LogP contribution in [0.15, 0.2) is 24.3 Å². The zero-order valence-electron chi connectivity index (χ0n) is 11.6. The summed E-state index contributed by atoms with van der Waals surface area (Å²) in [4.78, 5) is 2.48. The Hall–Kier alpha value is -1.06. The maximum absolute atomic E-state index is 2.54. The molecular formula is C15H23N3. The second-order valence-corrected chi connectivity index (χ2v) is 5.74. The highest BCUT2D eigenvalue weighted by Crippen LogP contribution is 2.30. The standard InChI is InChI=1S/C15H23N3/c1-12-10-17(11-13(2)16(12)3)18-9-8-14-6-4-5-7-15(14)18/h4-7,12-13H,8-11H2,1-3H3. The van der Waals surface area contributed by atoms with Crippen molar-refractivity contribution in [2.45, 2.75) is 32.4 Å². The first kappa shape index (κ1) is 12.0. The summed E-state index contributed by atoms with van der Waals surface area (Å²) < 4.78 is 0. The number of anilines is 1. The van der Waals surface area contributed by atoms with Crippen LogP contribution in [0.5, 0.6) is 0 Å². The van der Waals surface area contributed by atoms with Gasteiger partial charge in [0.15, 0.2) is 0 Å². The Bertz CT molecular complexity index is 420. The number of piperazine rings is 1. The van der Waals surface area contributed by atoms with Crippen molar-refractivity contribution >= 4 is 5.69 Å². The van der Waals surface area contributed by atoms with Gasteiger partial charge in [-0.3, -0.25) is 4.90 Å². The molecule has 2 heterocycles. The number of hydrogen-bond donors (Lipinski definition) is 0. The molecule has 3 rings (SSSR count). The van der Waals surface area contributed by atoms with Gasteiger partial charge in [-0.2, -0.15) is 0 Å². The Morgan fingerprint density at radius 2 is 1.72 bits per heavy atom. The second kappa shape index (κ2) is 4.56. The lowest BCUT2D eigenvalue weighted by Crippen LogP contribution is -2.59. The fourth-order valence-corrected chi connectivity index (χ4v) is 3.19. The molecule has 0 radical (unpaired) electrons. The summed E-state index contributed by atoms with van der Waals surface area (Å²) in [7, 11) is 2.24. The lowest BCUT2D eigenvalue weighted by Gasteiger charge is -2.46. The third-order valence-corrected chi connectivity index (χ3v) is 4.54. The van der Waals surface area contributed by atoms with Crippen LogP contribution < -0.4 is 5.01 Å². The Morgan fingerprint density at radius 3 is 2.44 bits per heavy atom. The van der Waals surface area contributed by atoms with E-state index >= 15 is 0 Å². The summed E-state index contributed by atoms with van der Waals surface area (Å²) in [6.07, 6.45) is 1.19. The van der Waals surface area contributed by atoms with Crippen molar-refractivity contribution in [2.24, 2.45) is 0 Å². The lowest BCUT2D eigenvalue weighted by atomic mass is 10.1. The third kappa shape index (κ3) is 1.91. The van der Waals surface area contributed by atoms with Crippen LogP contribution >= 0.6 is 0 Å². The molecule has 1 aromatic rings. The predicted molar refractivity (Wildman–Crippen MR) is 75.8 cm³/mol. The topological polar surface area (TPSA) is 9.72 Å². The quantitative estimate of drug-likeness (QED) is 0.749. The highest BCUT2D eigenvalue weighted by molar-refractivity contribution is 5.56. The molecule has 3 nitrogen and oxygen atoms in total. The summed E-state index contributed by atoms with van der Waals surface area (Å²) in [5.74, 6) is 0. The van der Waals surface area contributed by atoms with Gasteiger partial charge in [0.05, 0.1) is 5.69 Å². The zero-order chi connectivity index (χ0) is 12.7. The minimum atomic E-state index is 0.626. The molecule has 0 bridgehead atoms. The van der Waals surface area contributed by atoms with Crippen molar-refractivity contribution < 1.29 is 0 Å². The van der Waals surface area contributed by atoms with Crippen molar-refractivity contribution in [1.29, 1.82) is 0 Å². The first-order valence-corrected chi connectivity index (χ1v) is 6.99. The number of rotatable bonds is 1. The van der Waals surface area contributed by atoms with Gasteiger partial charge in [-0.15, -0.1) is 0 Å². The third-order valence-electron chi connectivity index (χ3n) is 4.54. The average Bonchev–Trinajstić information content (AvgIpc) is 2.79. The van der Waals surface area contributed by atoms with E-state index in [2.05, 4.69) is 60.1 Å². The molecule has 3 heteroatoms. The molecule has 18 heavy (non-hydrogen) atoms. The number of nitrogens with zero attached hydrogens (tertiary/aromatic N) is 3. The largest absolute Gasteiger partial charge is 0.305 e.